The second-order valence-corrected chi connectivity index (χ2v) is 5.79. The van der Waals surface area contributed by atoms with E-state index in [-0.39, 0.29) is 5.41 Å². The summed E-state index contributed by atoms with van der Waals surface area (Å²) in [6.45, 7) is 6.63. The zero-order valence-electron chi connectivity index (χ0n) is 12.0. The quantitative estimate of drug-likeness (QED) is 0.814. The van der Waals surface area contributed by atoms with Gasteiger partial charge in [0.25, 0.3) is 0 Å². The monoisotopic (exact) mass is 255 g/mol. The van der Waals surface area contributed by atoms with E-state index < -0.39 is 0 Å². The molecule has 0 atom stereocenters. The molecular weight excluding hydrogens is 234 g/mol. The fourth-order valence-electron chi connectivity index (χ4n) is 2.06. The number of hydrogen-bond donors (Lipinski definition) is 1. The molecule has 19 heavy (non-hydrogen) atoms. The smallest absolute Gasteiger partial charge is 0.126 e. The van der Waals surface area contributed by atoms with Crippen LogP contribution in [-0.2, 0) is 5.41 Å². The highest BCUT2D eigenvalue weighted by atomic mass is 16.5. The van der Waals surface area contributed by atoms with Crippen LogP contribution in [0.25, 0.3) is 11.1 Å². The summed E-state index contributed by atoms with van der Waals surface area (Å²) >= 11 is 0. The first-order chi connectivity index (χ1) is 8.91. The molecule has 0 saturated carbocycles. The zero-order valence-corrected chi connectivity index (χ0v) is 12.0. The summed E-state index contributed by atoms with van der Waals surface area (Å²) in [4.78, 5) is 0. The van der Waals surface area contributed by atoms with Crippen LogP contribution < -0.4 is 10.5 Å². The van der Waals surface area contributed by atoms with Gasteiger partial charge in [-0.3, -0.25) is 0 Å². The van der Waals surface area contributed by atoms with Crippen LogP contribution in [0.4, 0.5) is 5.69 Å². The summed E-state index contributed by atoms with van der Waals surface area (Å²) in [5.74, 6) is 0.887. The van der Waals surface area contributed by atoms with Crippen LogP contribution in [0, 0.1) is 0 Å². The molecule has 2 N–H and O–H groups in total. The van der Waals surface area contributed by atoms with Crippen molar-refractivity contribution in [2.75, 3.05) is 12.8 Å². The number of anilines is 1. The van der Waals surface area contributed by atoms with Gasteiger partial charge in [0.15, 0.2) is 0 Å². The molecule has 0 bridgehead atoms. The Morgan fingerprint density at radius 2 is 1.58 bits per heavy atom. The summed E-state index contributed by atoms with van der Waals surface area (Å²) in [7, 11) is 1.70. The average molecular weight is 255 g/mol. The molecule has 0 aromatic heterocycles. The Morgan fingerprint density at radius 1 is 0.947 bits per heavy atom. The van der Waals surface area contributed by atoms with Gasteiger partial charge in [-0.15, -0.1) is 0 Å². The Bertz CT molecular complexity index is 565. The standard InChI is InChI=1S/C17H21NO/c1-17(2,3)13-7-10-16(19-4)15(11-13)12-5-8-14(18)9-6-12/h5-11H,18H2,1-4H3. The van der Waals surface area contributed by atoms with E-state index >= 15 is 0 Å². The van der Waals surface area contributed by atoms with Gasteiger partial charge in [0, 0.05) is 11.3 Å². The molecule has 0 aliphatic heterocycles. The second kappa shape index (κ2) is 4.96. The predicted molar refractivity (Wildman–Crippen MR) is 81.5 cm³/mol. The van der Waals surface area contributed by atoms with Gasteiger partial charge in [-0.1, -0.05) is 39.0 Å². The third-order valence-corrected chi connectivity index (χ3v) is 3.29. The van der Waals surface area contributed by atoms with Crippen LogP contribution in [0.1, 0.15) is 26.3 Å². The number of methoxy groups -OCH3 is 1. The summed E-state index contributed by atoms with van der Waals surface area (Å²) < 4.78 is 5.47. The van der Waals surface area contributed by atoms with Crippen LogP contribution in [0.5, 0.6) is 5.75 Å². The summed E-state index contributed by atoms with van der Waals surface area (Å²) in [5.41, 5.74) is 10.2. The largest absolute Gasteiger partial charge is 0.496 e. The van der Waals surface area contributed by atoms with Crippen molar-refractivity contribution in [1.82, 2.24) is 0 Å². The minimum Gasteiger partial charge on any atom is -0.496 e. The molecule has 0 fully saturated rings. The Morgan fingerprint density at radius 3 is 2.11 bits per heavy atom. The average Bonchev–Trinajstić information content (AvgIpc) is 2.38. The lowest BCUT2D eigenvalue weighted by molar-refractivity contribution is 0.416. The van der Waals surface area contributed by atoms with Gasteiger partial charge < -0.3 is 10.5 Å². The first-order valence-corrected chi connectivity index (χ1v) is 6.46. The van der Waals surface area contributed by atoms with Crippen molar-refractivity contribution in [3.05, 3.63) is 48.0 Å². The number of rotatable bonds is 2. The molecule has 0 spiro atoms. The van der Waals surface area contributed by atoms with Crippen LogP contribution >= 0.6 is 0 Å². The highest BCUT2D eigenvalue weighted by Gasteiger charge is 2.16. The normalized spacial score (nSPS) is 11.4. The third kappa shape index (κ3) is 2.90. The van der Waals surface area contributed by atoms with Crippen LogP contribution in [-0.4, -0.2) is 7.11 Å². The van der Waals surface area contributed by atoms with E-state index in [0.717, 1.165) is 22.6 Å². The van der Waals surface area contributed by atoms with Crippen molar-refractivity contribution < 1.29 is 4.74 Å². The molecule has 100 valence electrons. The first-order valence-electron chi connectivity index (χ1n) is 6.46. The van der Waals surface area contributed by atoms with Crippen molar-refractivity contribution >= 4 is 5.69 Å². The van der Waals surface area contributed by atoms with E-state index in [4.69, 9.17) is 10.5 Å². The minimum absolute atomic E-state index is 0.120. The molecule has 0 saturated heterocycles. The maximum Gasteiger partial charge on any atom is 0.126 e. The van der Waals surface area contributed by atoms with Crippen LogP contribution in [0.3, 0.4) is 0 Å². The highest BCUT2D eigenvalue weighted by Crippen LogP contribution is 2.34. The third-order valence-electron chi connectivity index (χ3n) is 3.29. The lowest BCUT2D eigenvalue weighted by Crippen LogP contribution is -2.11. The van der Waals surface area contributed by atoms with E-state index in [1.807, 2.05) is 30.3 Å². The Labute approximate surface area is 115 Å². The highest BCUT2D eigenvalue weighted by molar-refractivity contribution is 5.72. The Balaban J connectivity index is 2.56. The van der Waals surface area contributed by atoms with Gasteiger partial charge in [-0.25, -0.2) is 0 Å². The zero-order chi connectivity index (χ0) is 14.0. The van der Waals surface area contributed by atoms with Crippen molar-refractivity contribution in [1.29, 1.82) is 0 Å². The van der Waals surface area contributed by atoms with Gasteiger partial charge in [0.05, 0.1) is 7.11 Å². The van der Waals surface area contributed by atoms with Crippen molar-refractivity contribution in [3.63, 3.8) is 0 Å². The molecule has 0 aliphatic carbocycles. The van der Waals surface area contributed by atoms with Crippen molar-refractivity contribution in [3.8, 4) is 16.9 Å². The Hall–Kier alpha value is -1.96. The predicted octanol–water partition coefficient (Wildman–Crippen LogP) is 4.24. The Kier molecular flexibility index (Phi) is 3.52. The lowest BCUT2D eigenvalue weighted by Gasteiger charge is -2.21. The fourth-order valence-corrected chi connectivity index (χ4v) is 2.06. The van der Waals surface area contributed by atoms with Gasteiger partial charge >= 0.3 is 0 Å². The summed E-state index contributed by atoms with van der Waals surface area (Å²) in [6, 6.07) is 14.2. The molecule has 0 radical (unpaired) electrons. The number of benzene rings is 2. The lowest BCUT2D eigenvalue weighted by atomic mass is 9.85. The summed E-state index contributed by atoms with van der Waals surface area (Å²) in [5, 5.41) is 0. The molecule has 0 unspecified atom stereocenters. The number of nitrogen functional groups attached to an aromatic ring is 1. The molecule has 0 amide bonds. The van der Waals surface area contributed by atoms with Crippen molar-refractivity contribution in [2.45, 2.75) is 26.2 Å². The molecule has 2 aromatic carbocycles. The number of hydrogen-bond acceptors (Lipinski definition) is 2. The molecule has 2 aromatic rings. The van der Waals surface area contributed by atoms with Crippen LogP contribution in [0.2, 0.25) is 0 Å². The van der Waals surface area contributed by atoms with Crippen molar-refractivity contribution in [2.24, 2.45) is 0 Å². The second-order valence-electron chi connectivity index (χ2n) is 5.79. The number of ether oxygens (including phenoxy) is 1. The van der Waals surface area contributed by atoms with Gasteiger partial charge in [0.2, 0.25) is 0 Å². The van der Waals surface area contributed by atoms with E-state index in [1.165, 1.54) is 5.56 Å². The van der Waals surface area contributed by atoms with E-state index in [9.17, 15) is 0 Å². The fraction of sp³-hybridized carbons (Fsp3) is 0.294. The van der Waals surface area contributed by atoms with Crippen LogP contribution in [0.15, 0.2) is 42.5 Å². The van der Waals surface area contributed by atoms with Gasteiger partial charge in [-0.05, 0) is 40.8 Å². The topological polar surface area (TPSA) is 35.2 Å². The molecular formula is C17H21NO. The molecule has 2 heteroatoms. The van der Waals surface area contributed by atoms with E-state index in [1.54, 1.807) is 7.11 Å². The molecule has 0 heterocycles. The first kappa shape index (κ1) is 13.5. The SMILES string of the molecule is COc1ccc(C(C)(C)C)cc1-c1ccc(N)cc1. The van der Waals surface area contributed by atoms with Gasteiger partial charge in [0.1, 0.15) is 5.75 Å². The van der Waals surface area contributed by atoms with E-state index in [0.29, 0.717) is 0 Å². The maximum atomic E-state index is 5.74. The maximum absolute atomic E-state index is 5.74. The molecule has 2 rings (SSSR count). The molecule has 2 nitrogen and oxygen atoms in total. The van der Waals surface area contributed by atoms with Gasteiger partial charge in [-0.2, -0.15) is 0 Å². The number of nitrogens with two attached hydrogens (primary N) is 1. The van der Waals surface area contributed by atoms with E-state index in [2.05, 4.69) is 32.9 Å². The minimum atomic E-state index is 0.120. The summed E-state index contributed by atoms with van der Waals surface area (Å²) in [6.07, 6.45) is 0. The molecule has 0 aliphatic rings.